The summed E-state index contributed by atoms with van der Waals surface area (Å²) >= 11 is 0. The van der Waals surface area contributed by atoms with Crippen LogP contribution >= 0.6 is 0 Å². The Morgan fingerprint density at radius 1 is 1.40 bits per heavy atom. The lowest BCUT2D eigenvalue weighted by molar-refractivity contribution is -0.125. The third-order valence-corrected chi connectivity index (χ3v) is 3.63. The highest BCUT2D eigenvalue weighted by molar-refractivity contribution is 5.78. The summed E-state index contributed by atoms with van der Waals surface area (Å²) < 4.78 is 0. The number of aliphatic hydroxyl groups excluding tert-OH is 1. The summed E-state index contributed by atoms with van der Waals surface area (Å²) in [5.41, 5.74) is 2.01. The number of amides is 1. The Hall–Kier alpha value is -1.79. The van der Waals surface area contributed by atoms with E-state index in [0.29, 0.717) is 18.9 Å². The molecule has 1 aromatic rings. The Kier molecular flexibility index (Phi) is 5.20. The van der Waals surface area contributed by atoms with Gasteiger partial charge in [-0.15, -0.1) is 0 Å². The van der Waals surface area contributed by atoms with Gasteiger partial charge in [-0.2, -0.15) is 0 Å². The number of aliphatic hydroxyl groups is 1. The van der Waals surface area contributed by atoms with Crippen LogP contribution in [0.3, 0.4) is 0 Å². The Balaban J connectivity index is 1.81. The summed E-state index contributed by atoms with van der Waals surface area (Å²) in [6.07, 6.45) is 2.88. The maximum atomic E-state index is 11.9. The number of hydrogen-bond acceptors (Lipinski definition) is 2. The molecule has 0 spiro atoms. The van der Waals surface area contributed by atoms with E-state index in [0.717, 1.165) is 11.1 Å². The van der Waals surface area contributed by atoms with Crippen molar-refractivity contribution in [2.45, 2.75) is 32.7 Å². The van der Waals surface area contributed by atoms with Gasteiger partial charge in [0, 0.05) is 24.4 Å². The lowest BCUT2D eigenvalue weighted by Crippen LogP contribution is -2.29. The average Bonchev–Trinajstić information content (AvgIpc) is 3.30. The third-order valence-electron chi connectivity index (χ3n) is 3.63. The molecule has 0 bridgehead atoms. The predicted molar refractivity (Wildman–Crippen MR) is 78.8 cm³/mol. The molecule has 1 atom stereocenters. The highest BCUT2D eigenvalue weighted by Crippen LogP contribution is 2.36. The number of carbonyl (C=O) groups excluding carboxylic acids is 1. The van der Waals surface area contributed by atoms with Crippen LogP contribution < -0.4 is 5.32 Å². The molecule has 1 amide bonds. The lowest BCUT2D eigenvalue weighted by atomic mass is 10.1. The fourth-order valence-corrected chi connectivity index (χ4v) is 2.09. The molecular weight excluding hydrogens is 250 g/mol. The van der Waals surface area contributed by atoms with Crippen LogP contribution in [-0.2, 0) is 11.3 Å². The van der Waals surface area contributed by atoms with Gasteiger partial charge in [0.15, 0.2) is 0 Å². The second kappa shape index (κ2) is 7.12. The van der Waals surface area contributed by atoms with Gasteiger partial charge in [-0.1, -0.05) is 30.9 Å². The standard InChI is InChI=1S/C17H21NO2/c1-13(16-9-10-16)17(20)18-12-15-7-5-14(6-8-15)4-2-3-11-19/h5-8,13,16,19H,3,9-12H2,1H3,(H,18,20). The minimum absolute atomic E-state index is 0.0935. The van der Waals surface area contributed by atoms with Crippen molar-refractivity contribution in [2.75, 3.05) is 6.61 Å². The van der Waals surface area contributed by atoms with Crippen LogP contribution in [0.1, 0.15) is 37.3 Å². The summed E-state index contributed by atoms with van der Waals surface area (Å²) in [5.74, 6) is 6.75. The molecule has 20 heavy (non-hydrogen) atoms. The molecule has 3 nitrogen and oxygen atoms in total. The van der Waals surface area contributed by atoms with Gasteiger partial charge >= 0.3 is 0 Å². The molecule has 1 aliphatic rings. The van der Waals surface area contributed by atoms with Crippen molar-refractivity contribution >= 4 is 5.91 Å². The molecule has 0 heterocycles. The van der Waals surface area contributed by atoms with Crippen LogP contribution in [0.4, 0.5) is 0 Å². The summed E-state index contributed by atoms with van der Waals surface area (Å²) in [7, 11) is 0. The minimum Gasteiger partial charge on any atom is -0.395 e. The first-order chi connectivity index (χ1) is 9.70. The molecule has 1 aromatic carbocycles. The van der Waals surface area contributed by atoms with Crippen LogP contribution in [0.15, 0.2) is 24.3 Å². The Labute approximate surface area is 120 Å². The quantitative estimate of drug-likeness (QED) is 0.806. The highest BCUT2D eigenvalue weighted by atomic mass is 16.2. The van der Waals surface area contributed by atoms with E-state index in [2.05, 4.69) is 17.2 Å². The monoisotopic (exact) mass is 271 g/mol. The summed E-state index contributed by atoms with van der Waals surface area (Å²) in [6.45, 7) is 2.67. The van der Waals surface area contributed by atoms with E-state index in [1.54, 1.807) is 0 Å². The van der Waals surface area contributed by atoms with E-state index in [4.69, 9.17) is 5.11 Å². The normalized spacial score (nSPS) is 15.1. The van der Waals surface area contributed by atoms with Crippen molar-refractivity contribution in [2.24, 2.45) is 11.8 Å². The largest absolute Gasteiger partial charge is 0.395 e. The Bertz CT molecular complexity index is 506. The molecule has 0 radical (unpaired) electrons. The molecule has 1 aliphatic carbocycles. The second-order valence-corrected chi connectivity index (χ2v) is 5.32. The van der Waals surface area contributed by atoms with E-state index in [9.17, 15) is 4.79 Å². The molecule has 1 saturated carbocycles. The first-order valence-electron chi connectivity index (χ1n) is 7.17. The summed E-state index contributed by atoms with van der Waals surface area (Å²) in [6, 6.07) is 7.84. The van der Waals surface area contributed by atoms with Gasteiger partial charge in [0.25, 0.3) is 0 Å². The zero-order valence-electron chi connectivity index (χ0n) is 11.9. The van der Waals surface area contributed by atoms with E-state index in [-0.39, 0.29) is 18.4 Å². The van der Waals surface area contributed by atoms with Gasteiger partial charge in [-0.3, -0.25) is 4.79 Å². The lowest BCUT2D eigenvalue weighted by Gasteiger charge is -2.11. The first-order valence-corrected chi connectivity index (χ1v) is 7.17. The van der Waals surface area contributed by atoms with Crippen LogP contribution in [-0.4, -0.2) is 17.6 Å². The average molecular weight is 271 g/mol. The molecule has 106 valence electrons. The number of nitrogens with one attached hydrogen (secondary N) is 1. The van der Waals surface area contributed by atoms with Crippen LogP contribution in [0.25, 0.3) is 0 Å². The number of rotatable bonds is 5. The zero-order chi connectivity index (χ0) is 14.4. The summed E-state index contributed by atoms with van der Waals surface area (Å²) in [5, 5.41) is 11.6. The zero-order valence-corrected chi connectivity index (χ0v) is 11.9. The van der Waals surface area contributed by atoms with Crippen molar-refractivity contribution in [3.63, 3.8) is 0 Å². The van der Waals surface area contributed by atoms with E-state index >= 15 is 0 Å². The van der Waals surface area contributed by atoms with E-state index in [1.165, 1.54) is 12.8 Å². The van der Waals surface area contributed by atoms with Gasteiger partial charge in [-0.05, 0) is 36.5 Å². The number of benzene rings is 1. The molecule has 0 saturated heterocycles. The van der Waals surface area contributed by atoms with Crippen LogP contribution in [0.5, 0.6) is 0 Å². The fourth-order valence-electron chi connectivity index (χ4n) is 2.09. The van der Waals surface area contributed by atoms with Crippen molar-refractivity contribution in [3.05, 3.63) is 35.4 Å². The Morgan fingerprint density at radius 2 is 2.10 bits per heavy atom. The highest BCUT2D eigenvalue weighted by Gasteiger charge is 2.32. The van der Waals surface area contributed by atoms with Gasteiger partial charge in [-0.25, -0.2) is 0 Å². The molecule has 0 aliphatic heterocycles. The maximum Gasteiger partial charge on any atom is 0.223 e. The molecule has 1 unspecified atom stereocenters. The van der Waals surface area contributed by atoms with Crippen molar-refractivity contribution in [1.29, 1.82) is 0 Å². The number of carbonyl (C=O) groups is 1. The topological polar surface area (TPSA) is 49.3 Å². The minimum atomic E-state index is 0.0935. The Morgan fingerprint density at radius 3 is 2.70 bits per heavy atom. The van der Waals surface area contributed by atoms with Crippen LogP contribution in [0, 0.1) is 23.7 Å². The van der Waals surface area contributed by atoms with Crippen LogP contribution in [0.2, 0.25) is 0 Å². The van der Waals surface area contributed by atoms with Crippen molar-refractivity contribution < 1.29 is 9.90 Å². The van der Waals surface area contributed by atoms with E-state index in [1.807, 2.05) is 31.2 Å². The van der Waals surface area contributed by atoms with Gasteiger partial charge in [0.1, 0.15) is 0 Å². The summed E-state index contributed by atoms with van der Waals surface area (Å²) in [4.78, 5) is 11.9. The van der Waals surface area contributed by atoms with Gasteiger partial charge < -0.3 is 10.4 Å². The predicted octanol–water partition coefficient (Wildman–Crippen LogP) is 2.08. The van der Waals surface area contributed by atoms with Gasteiger partial charge in [0.2, 0.25) is 5.91 Å². The molecule has 2 rings (SSSR count). The van der Waals surface area contributed by atoms with E-state index < -0.39 is 0 Å². The van der Waals surface area contributed by atoms with Gasteiger partial charge in [0.05, 0.1) is 6.61 Å². The SMILES string of the molecule is CC(C(=O)NCc1ccc(C#CCCO)cc1)C1CC1. The second-order valence-electron chi connectivity index (χ2n) is 5.32. The van der Waals surface area contributed by atoms with Crippen molar-refractivity contribution in [3.8, 4) is 11.8 Å². The molecule has 0 aromatic heterocycles. The smallest absolute Gasteiger partial charge is 0.223 e. The number of hydrogen-bond donors (Lipinski definition) is 2. The maximum absolute atomic E-state index is 11.9. The molecule has 2 N–H and O–H groups in total. The third kappa shape index (κ3) is 4.40. The van der Waals surface area contributed by atoms with Crippen molar-refractivity contribution in [1.82, 2.24) is 5.32 Å². The fraction of sp³-hybridized carbons (Fsp3) is 0.471. The first kappa shape index (κ1) is 14.6. The molecule has 3 heteroatoms. The molecule has 1 fully saturated rings. The molecular formula is C17H21NO2.